The second kappa shape index (κ2) is 11.1. The fourth-order valence-electron chi connectivity index (χ4n) is 3.04. The number of carbonyl (C=O) groups is 3. The molecule has 1 unspecified atom stereocenters. The third-order valence-electron chi connectivity index (χ3n) is 4.90. The predicted octanol–water partition coefficient (Wildman–Crippen LogP) is 2.89. The van der Waals surface area contributed by atoms with Gasteiger partial charge in [0.15, 0.2) is 0 Å². The summed E-state index contributed by atoms with van der Waals surface area (Å²) in [7, 11) is 0. The van der Waals surface area contributed by atoms with Gasteiger partial charge in [0.1, 0.15) is 11.9 Å². The zero-order chi connectivity index (χ0) is 23.0. The van der Waals surface area contributed by atoms with Gasteiger partial charge in [-0.25, -0.2) is 4.39 Å². The lowest BCUT2D eigenvalue weighted by Crippen LogP contribution is -2.54. The van der Waals surface area contributed by atoms with Crippen molar-refractivity contribution in [2.75, 3.05) is 18.0 Å². The number of nitrogens with one attached hydrogen (secondary N) is 3. The maximum atomic E-state index is 13.0. The Labute approximate surface area is 182 Å². The first-order valence-electron chi connectivity index (χ1n) is 10.3. The number of halogens is 1. The monoisotopic (exact) mass is 428 g/mol. The van der Waals surface area contributed by atoms with E-state index in [1.165, 1.54) is 24.3 Å². The molecule has 0 aliphatic rings. The second-order valence-corrected chi connectivity index (χ2v) is 7.36. The van der Waals surface area contributed by atoms with Gasteiger partial charge in [-0.2, -0.15) is 0 Å². The molecule has 7 nitrogen and oxygen atoms in total. The Morgan fingerprint density at radius 1 is 0.839 bits per heavy atom. The molecule has 3 amide bonds. The van der Waals surface area contributed by atoms with Gasteiger partial charge >= 0.3 is 0 Å². The van der Waals surface area contributed by atoms with Crippen LogP contribution in [0.2, 0.25) is 0 Å². The summed E-state index contributed by atoms with van der Waals surface area (Å²) in [6.07, 6.45) is 0. The Morgan fingerprint density at radius 2 is 1.35 bits per heavy atom. The SMILES string of the molecule is CCN(CC)c1ccc(C(=O)NNC(=O)C(NC(=O)c2ccc(F)cc2)C(C)C)cc1. The molecule has 0 bridgehead atoms. The lowest BCUT2D eigenvalue weighted by Gasteiger charge is -2.22. The van der Waals surface area contributed by atoms with Crippen LogP contribution in [0.4, 0.5) is 10.1 Å². The lowest BCUT2D eigenvalue weighted by molar-refractivity contribution is -0.124. The number of carbonyl (C=O) groups excluding carboxylic acids is 3. The number of hydrogen-bond acceptors (Lipinski definition) is 4. The molecule has 0 fully saturated rings. The Bertz CT molecular complexity index is 894. The van der Waals surface area contributed by atoms with Gasteiger partial charge in [-0.1, -0.05) is 13.8 Å². The maximum absolute atomic E-state index is 13.0. The summed E-state index contributed by atoms with van der Waals surface area (Å²) in [5, 5.41) is 2.62. The molecule has 2 rings (SSSR count). The van der Waals surface area contributed by atoms with Gasteiger partial charge in [0, 0.05) is 29.9 Å². The smallest absolute Gasteiger partial charge is 0.269 e. The fraction of sp³-hybridized carbons (Fsp3) is 0.348. The molecule has 2 aromatic rings. The molecule has 0 spiro atoms. The number of anilines is 1. The van der Waals surface area contributed by atoms with Crippen molar-refractivity contribution in [3.8, 4) is 0 Å². The first-order valence-corrected chi connectivity index (χ1v) is 10.3. The van der Waals surface area contributed by atoms with Crippen molar-refractivity contribution in [2.45, 2.75) is 33.7 Å². The standard InChI is InChI=1S/C23H29FN4O3/c1-5-28(6-2)19-13-9-17(10-14-19)22(30)26-27-23(31)20(15(3)4)25-21(29)16-7-11-18(24)12-8-16/h7-15,20H,5-6H2,1-4H3,(H,25,29)(H,26,30)(H,27,31). The van der Waals surface area contributed by atoms with E-state index in [4.69, 9.17) is 0 Å². The quantitative estimate of drug-likeness (QED) is 0.564. The molecule has 1 atom stereocenters. The van der Waals surface area contributed by atoms with Gasteiger partial charge in [-0.05, 0) is 68.3 Å². The van der Waals surface area contributed by atoms with E-state index in [0.717, 1.165) is 18.8 Å². The van der Waals surface area contributed by atoms with Crippen molar-refractivity contribution in [3.63, 3.8) is 0 Å². The van der Waals surface area contributed by atoms with E-state index in [-0.39, 0.29) is 11.5 Å². The molecule has 0 saturated heterocycles. The number of rotatable bonds is 8. The average Bonchev–Trinajstić information content (AvgIpc) is 2.77. The Hall–Kier alpha value is -3.42. The van der Waals surface area contributed by atoms with Crippen LogP contribution >= 0.6 is 0 Å². The molecule has 8 heteroatoms. The van der Waals surface area contributed by atoms with Gasteiger partial charge in [-0.15, -0.1) is 0 Å². The summed E-state index contributed by atoms with van der Waals surface area (Å²) in [6, 6.07) is 11.2. The van der Waals surface area contributed by atoms with E-state index < -0.39 is 29.6 Å². The summed E-state index contributed by atoms with van der Waals surface area (Å²) in [5.74, 6) is -2.23. The molecule has 0 radical (unpaired) electrons. The van der Waals surface area contributed by atoms with Crippen LogP contribution in [0.5, 0.6) is 0 Å². The number of nitrogens with zero attached hydrogens (tertiary/aromatic N) is 1. The van der Waals surface area contributed by atoms with Crippen LogP contribution in [-0.4, -0.2) is 36.9 Å². The summed E-state index contributed by atoms with van der Waals surface area (Å²) >= 11 is 0. The largest absolute Gasteiger partial charge is 0.372 e. The zero-order valence-corrected chi connectivity index (χ0v) is 18.2. The molecule has 31 heavy (non-hydrogen) atoms. The minimum Gasteiger partial charge on any atom is -0.372 e. The average molecular weight is 429 g/mol. The van der Waals surface area contributed by atoms with Crippen molar-refractivity contribution in [1.82, 2.24) is 16.2 Å². The molecule has 0 saturated carbocycles. The molecule has 166 valence electrons. The van der Waals surface area contributed by atoms with Gasteiger partial charge in [-0.3, -0.25) is 25.2 Å². The van der Waals surface area contributed by atoms with E-state index in [1.807, 2.05) is 12.1 Å². The van der Waals surface area contributed by atoms with E-state index in [1.54, 1.807) is 26.0 Å². The fourth-order valence-corrected chi connectivity index (χ4v) is 3.04. The van der Waals surface area contributed by atoms with Crippen LogP contribution in [-0.2, 0) is 4.79 Å². The number of hydrazine groups is 1. The van der Waals surface area contributed by atoms with E-state index >= 15 is 0 Å². The molecule has 0 aliphatic heterocycles. The molecule has 0 aromatic heterocycles. The van der Waals surface area contributed by atoms with Crippen LogP contribution in [0.3, 0.4) is 0 Å². The van der Waals surface area contributed by atoms with Crippen LogP contribution in [0.15, 0.2) is 48.5 Å². The predicted molar refractivity (Wildman–Crippen MR) is 118 cm³/mol. The van der Waals surface area contributed by atoms with Crippen molar-refractivity contribution in [3.05, 3.63) is 65.5 Å². The minimum atomic E-state index is -0.886. The Kier molecular flexibility index (Phi) is 8.54. The molecule has 0 heterocycles. The third-order valence-corrected chi connectivity index (χ3v) is 4.90. The minimum absolute atomic E-state index is 0.233. The summed E-state index contributed by atoms with van der Waals surface area (Å²) in [5.41, 5.74) is 6.38. The van der Waals surface area contributed by atoms with Crippen molar-refractivity contribution < 1.29 is 18.8 Å². The molecular formula is C23H29FN4O3. The summed E-state index contributed by atoms with van der Waals surface area (Å²) in [4.78, 5) is 39.5. The van der Waals surface area contributed by atoms with Crippen molar-refractivity contribution >= 4 is 23.4 Å². The highest BCUT2D eigenvalue weighted by Gasteiger charge is 2.25. The first kappa shape index (κ1) is 23.9. The van der Waals surface area contributed by atoms with Crippen LogP contribution in [0, 0.1) is 11.7 Å². The second-order valence-electron chi connectivity index (χ2n) is 7.36. The topological polar surface area (TPSA) is 90.5 Å². The highest BCUT2D eigenvalue weighted by Crippen LogP contribution is 2.14. The first-order chi connectivity index (χ1) is 14.8. The van der Waals surface area contributed by atoms with Crippen molar-refractivity contribution in [1.29, 1.82) is 0 Å². The van der Waals surface area contributed by atoms with E-state index in [0.29, 0.717) is 5.56 Å². The summed E-state index contributed by atoms with van der Waals surface area (Å²) < 4.78 is 13.0. The Balaban J connectivity index is 1.97. The highest BCUT2D eigenvalue weighted by atomic mass is 19.1. The molecule has 2 aromatic carbocycles. The van der Waals surface area contributed by atoms with E-state index in [2.05, 4.69) is 34.9 Å². The molecule has 3 N–H and O–H groups in total. The van der Waals surface area contributed by atoms with Gasteiger partial charge in [0.25, 0.3) is 17.7 Å². The third kappa shape index (κ3) is 6.53. The maximum Gasteiger partial charge on any atom is 0.269 e. The van der Waals surface area contributed by atoms with Gasteiger partial charge in [0.05, 0.1) is 0 Å². The molecule has 0 aliphatic carbocycles. The normalized spacial score (nSPS) is 11.5. The Morgan fingerprint density at radius 3 is 1.87 bits per heavy atom. The van der Waals surface area contributed by atoms with Crippen LogP contribution < -0.4 is 21.1 Å². The number of hydrogen-bond donors (Lipinski definition) is 3. The molecular weight excluding hydrogens is 399 g/mol. The van der Waals surface area contributed by atoms with Crippen molar-refractivity contribution in [2.24, 2.45) is 5.92 Å². The van der Waals surface area contributed by atoms with Gasteiger partial charge < -0.3 is 10.2 Å². The van der Waals surface area contributed by atoms with Gasteiger partial charge in [0.2, 0.25) is 0 Å². The van der Waals surface area contributed by atoms with Crippen LogP contribution in [0.1, 0.15) is 48.4 Å². The van der Waals surface area contributed by atoms with Crippen LogP contribution in [0.25, 0.3) is 0 Å². The highest BCUT2D eigenvalue weighted by molar-refractivity contribution is 5.99. The lowest BCUT2D eigenvalue weighted by atomic mass is 10.0. The zero-order valence-electron chi connectivity index (χ0n) is 18.2. The van der Waals surface area contributed by atoms with E-state index in [9.17, 15) is 18.8 Å². The summed E-state index contributed by atoms with van der Waals surface area (Å²) in [6.45, 7) is 9.36. The number of amides is 3. The number of benzene rings is 2.